The average molecular weight is 388 g/mol. The zero-order chi connectivity index (χ0) is 14.2. The molecular weight excluding hydrogens is 365 g/mol. The van der Waals surface area contributed by atoms with Gasteiger partial charge in [0.05, 0.1) is 0 Å². The Morgan fingerprint density at radius 1 is 1.05 bits per heavy atom. The molecule has 1 aliphatic rings. The summed E-state index contributed by atoms with van der Waals surface area (Å²) in [5.41, 5.74) is 0.777. The molecule has 20 heavy (non-hydrogen) atoms. The third-order valence-electron chi connectivity index (χ3n) is 3.67. The van der Waals surface area contributed by atoms with Gasteiger partial charge in [0.25, 0.3) is 0 Å². The molecule has 0 aliphatic carbocycles. The number of carbonyl (C=O) groups excluding carboxylic acids is 1. The zero-order valence-corrected chi connectivity index (χ0v) is 13.9. The summed E-state index contributed by atoms with van der Waals surface area (Å²) in [5.74, 6) is 0.549. The Hall–Kier alpha value is -0.780. The van der Waals surface area contributed by atoms with Crippen LogP contribution in [0, 0.1) is 5.92 Å². The van der Waals surface area contributed by atoms with Gasteiger partial charge in [0.2, 0.25) is 0 Å². The molecule has 2 rings (SSSR count). The second kappa shape index (κ2) is 8.49. The van der Waals surface area contributed by atoms with Crippen LogP contribution in [0.4, 0.5) is 5.69 Å². The molecule has 2 N–H and O–H groups in total. The Bertz CT molecular complexity index is 409. The van der Waals surface area contributed by atoms with Crippen LogP contribution in [0.15, 0.2) is 24.3 Å². The molecule has 1 fully saturated rings. The van der Waals surface area contributed by atoms with Crippen molar-refractivity contribution in [2.45, 2.75) is 38.5 Å². The number of benzene rings is 1. The van der Waals surface area contributed by atoms with Crippen molar-refractivity contribution in [3.63, 3.8) is 0 Å². The van der Waals surface area contributed by atoms with Crippen LogP contribution in [0.25, 0.3) is 0 Å². The predicted molar refractivity (Wildman–Crippen MR) is 77.7 cm³/mol. The first-order valence-electron chi connectivity index (χ1n) is 7.39. The van der Waals surface area contributed by atoms with Crippen molar-refractivity contribution in [3.8, 4) is 5.75 Å². The van der Waals surface area contributed by atoms with Gasteiger partial charge in [-0.05, 0) is 0 Å². The average Bonchev–Trinajstić information content (AvgIpc) is 2.47. The van der Waals surface area contributed by atoms with E-state index in [1.165, 1.54) is 34.5 Å². The summed E-state index contributed by atoms with van der Waals surface area (Å²) >= 11 is 0.309. The second-order valence-electron chi connectivity index (χ2n) is 5.29. The van der Waals surface area contributed by atoms with E-state index in [-0.39, 0.29) is 17.6 Å². The zero-order valence-electron chi connectivity index (χ0n) is 11.8. The number of hydrogen-bond acceptors (Lipinski definition) is 2. The molecule has 0 saturated carbocycles. The summed E-state index contributed by atoms with van der Waals surface area (Å²) in [6, 6.07) is 6.71. The van der Waals surface area contributed by atoms with Gasteiger partial charge in [0.1, 0.15) is 0 Å². The fourth-order valence-corrected chi connectivity index (χ4v) is 5.24. The van der Waals surface area contributed by atoms with E-state index >= 15 is 0 Å². The molecule has 1 unspecified atom stereocenters. The number of nitrogens with one attached hydrogen (secondary N) is 1. The summed E-state index contributed by atoms with van der Waals surface area (Å²) < 4.78 is 2.69. The van der Waals surface area contributed by atoms with Crippen LogP contribution < -0.4 is 26.5 Å². The first-order valence-corrected chi connectivity index (χ1v) is 10.4. The quantitative estimate of drug-likeness (QED) is 0.438. The molecule has 1 saturated heterocycles. The third kappa shape index (κ3) is 5.31. The van der Waals surface area contributed by atoms with Crippen molar-refractivity contribution in [2.24, 2.45) is 5.92 Å². The molecule has 1 amide bonds. The number of amides is 1. The van der Waals surface area contributed by atoms with Crippen LogP contribution in [0.5, 0.6) is 5.75 Å². The van der Waals surface area contributed by atoms with Gasteiger partial charge in [-0.1, -0.05) is 0 Å². The van der Waals surface area contributed by atoms with Gasteiger partial charge in [-0.2, -0.15) is 0 Å². The SMILES string of the molecule is O=C(Nc1ccc(O)cc1)C1CCCCCC[I-]CC1. The molecule has 0 aromatic heterocycles. The van der Waals surface area contributed by atoms with E-state index in [9.17, 15) is 9.90 Å². The molecule has 3 nitrogen and oxygen atoms in total. The molecule has 1 aromatic rings. The number of carbonyl (C=O) groups is 1. The first kappa shape index (κ1) is 15.6. The second-order valence-corrected chi connectivity index (χ2v) is 8.53. The first-order chi connectivity index (χ1) is 9.75. The molecular formula is C16H23INO2-. The Kier molecular flexibility index (Phi) is 6.63. The molecule has 4 heteroatoms. The monoisotopic (exact) mass is 388 g/mol. The number of phenolic OH excluding ortho intramolecular Hbond substituents is 1. The van der Waals surface area contributed by atoms with Crippen LogP contribution in [0.2, 0.25) is 0 Å². The van der Waals surface area contributed by atoms with Crippen molar-refractivity contribution in [1.82, 2.24) is 0 Å². The van der Waals surface area contributed by atoms with E-state index in [4.69, 9.17) is 0 Å². The summed E-state index contributed by atoms with van der Waals surface area (Å²) in [4.78, 5) is 12.4. The molecule has 1 aliphatic heterocycles. The van der Waals surface area contributed by atoms with E-state index in [1.54, 1.807) is 24.3 Å². The maximum absolute atomic E-state index is 12.4. The van der Waals surface area contributed by atoms with E-state index in [0.717, 1.165) is 18.5 Å². The summed E-state index contributed by atoms with van der Waals surface area (Å²) in [6.45, 7) is 0. The van der Waals surface area contributed by atoms with Crippen molar-refractivity contribution in [1.29, 1.82) is 0 Å². The van der Waals surface area contributed by atoms with Gasteiger partial charge >= 0.3 is 131 Å². The van der Waals surface area contributed by atoms with Crippen LogP contribution in [0.1, 0.15) is 38.5 Å². The van der Waals surface area contributed by atoms with Crippen LogP contribution in [-0.4, -0.2) is 19.9 Å². The number of rotatable bonds is 2. The molecule has 0 bridgehead atoms. The molecule has 112 valence electrons. The number of anilines is 1. The van der Waals surface area contributed by atoms with Gasteiger partial charge in [-0.3, -0.25) is 0 Å². The van der Waals surface area contributed by atoms with Gasteiger partial charge in [-0.25, -0.2) is 0 Å². The van der Waals surface area contributed by atoms with E-state index in [1.807, 2.05) is 0 Å². The third-order valence-corrected chi connectivity index (χ3v) is 6.58. The number of phenols is 1. The van der Waals surface area contributed by atoms with Gasteiger partial charge in [0.15, 0.2) is 0 Å². The van der Waals surface area contributed by atoms with E-state index in [0.29, 0.717) is 21.2 Å². The number of hydrogen-bond donors (Lipinski definition) is 2. The Labute approximate surface area is 131 Å². The standard InChI is InChI=1S/C16H23INO2/c19-15-8-6-14(7-9-15)18-16(20)13-5-3-1-2-4-11-17-12-10-13/h6-9,13,19H,1-5,10-12H2,(H,18,20)/q-1. The van der Waals surface area contributed by atoms with Crippen molar-refractivity contribution in [3.05, 3.63) is 24.3 Å². The number of alkyl halides is 2. The topological polar surface area (TPSA) is 49.3 Å². The van der Waals surface area contributed by atoms with Gasteiger partial charge in [-0.15, -0.1) is 0 Å². The molecule has 0 spiro atoms. The van der Waals surface area contributed by atoms with Crippen LogP contribution >= 0.6 is 0 Å². The van der Waals surface area contributed by atoms with Crippen molar-refractivity contribution < 1.29 is 31.1 Å². The summed E-state index contributed by atoms with van der Waals surface area (Å²) in [5, 5.41) is 12.2. The molecule has 1 heterocycles. The molecule has 0 radical (unpaired) electrons. The Balaban J connectivity index is 1.89. The fourth-order valence-electron chi connectivity index (χ4n) is 2.43. The predicted octanol–water partition coefficient (Wildman–Crippen LogP) is 0.390. The normalized spacial score (nSPS) is 21.5. The summed E-state index contributed by atoms with van der Waals surface area (Å²) in [7, 11) is 0. The van der Waals surface area contributed by atoms with Crippen molar-refractivity contribution >= 4 is 11.6 Å². The van der Waals surface area contributed by atoms with Gasteiger partial charge in [0, 0.05) is 0 Å². The van der Waals surface area contributed by atoms with Crippen LogP contribution in [-0.2, 0) is 4.79 Å². The number of aromatic hydroxyl groups is 1. The van der Waals surface area contributed by atoms with Crippen molar-refractivity contribution in [2.75, 3.05) is 14.2 Å². The summed E-state index contributed by atoms with van der Waals surface area (Å²) in [6.07, 6.45) is 7.26. The number of halogens is 1. The van der Waals surface area contributed by atoms with Crippen LogP contribution in [0.3, 0.4) is 0 Å². The van der Waals surface area contributed by atoms with E-state index < -0.39 is 0 Å². The molecule has 1 atom stereocenters. The fraction of sp³-hybridized carbons (Fsp3) is 0.562. The molecule has 1 aromatic carbocycles. The maximum atomic E-state index is 12.4. The minimum atomic E-state index is 0.153. The van der Waals surface area contributed by atoms with Gasteiger partial charge < -0.3 is 0 Å². The van der Waals surface area contributed by atoms with E-state index in [2.05, 4.69) is 5.32 Å². The Morgan fingerprint density at radius 2 is 1.80 bits per heavy atom. The Morgan fingerprint density at radius 3 is 2.60 bits per heavy atom. The minimum absolute atomic E-state index is 0.153.